The van der Waals surface area contributed by atoms with E-state index in [2.05, 4.69) is 10.6 Å². The zero-order valence-corrected chi connectivity index (χ0v) is 15.4. The summed E-state index contributed by atoms with van der Waals surface area (Å²) in [5, 5.41) is 15.7. The van der Waals surface area contributed by atoms with Crippen molar-refractivity contribution in [2.24, 2.45) is 0 Å². The van der Waals surface area contributed by atoms with Crippen LogP contribution < -0.4 is 10.6 Å². The number of hydrogen-bond acceptors (Lipinski definition) is 6. The highest BCUT2D eigenvalue weighted by Gasteiger charge is 2.14. The third-order valence-electron chi connectivity index (χ3n) is 3.96. The second-order valence-corrected chi connectivity index (χ2v) is 5.95. The maximum atomic E-state index is 12.0. The average Bonchev–Trinajstić information content (AvgIpc) is 2.68. The summed E-state index contributed by atoms with van der Waals surface area (Å²) in [6.07, 6.45) is 0. The zero-order valence-electron chi connectivity index (χ0n) is 15.4. The number of anilines is 1. The highest BCUT2D eigenvalue weighted by Crippen LogP contribution is 2.17. The number of carbonyl (C=O) groups excluding carboxylic acids is 3. The van der Waals surface area contributed by atoms with Crippen molar-refractivity contribution in [3.8, 4) is 0 Å². The molecule has 146 valence electrons. The predicted octanol–water partition coefficient (Wildman–Crippen LogP) is 2.12. The van der Waals surface area contributed by atoms with Crippen molar-refractivity contribution in [1.29, 1.82) is 0 Å². The van der Waals surface area contributed by atoms with Gasteiger partial charge in [0.05, 0.1) is 4.92 Å². The lowest BCUT2D eigenvalue weighted by Crippen LogP contribution is -2.32. The number of amides is 2. The monoisotopic (exact) mass is 385 g/mol. The first-order valence-electron chi connectivity index (χ1n) is 8.32. The van der Waals surface area contributed by atoms with Gasteiger partial charge in [-0.3, -0.25) is 24.5 Å². The fraction of sp³-hybridized carbons (Fsp3) is 0.211. The molecule has 2 aromatic carbocycles. The Balaban J connectivity index is 1.80. The molecule has 2 rings (SSSR count). The number of rotatable bonds is 7. The van der Waals surface area contributed by atoms with Crippen LogP contribution in [0.25, 0.3) is 0 Å². The molecule has 0 radical (unpaired) electrons. The second kappa shape index (κ2) is 9.26. The van der Waals surface area contributed by atoms with Crippen LogP contribution in [0.4, 0.5) is 11.4 Å². The Labute approximate surface area is 160 Å². The highest BCUT2D eigenvalue weighted by atomic mass is 16.6. The van der Waals surface area contributed by atoms with Crippen molar-refractivity contribution >= 4 is 29.2 Å². The molecule has 2 N–H and O–H groups in total. The molecule has 9 nitrogen and oxygen atoms in total. The summed E-state index contributed by atoms with van der Waals surface area (Å²) in [7, 11) is 0. The molecule has 0 aromatic heterocycles. The number of benzene rings is 2. The van der Waals surface area contributed by atoms with Crippen molar-refractivity contribution in [3.63, 3.8) is 0 Å². The number of nitrogens with one attached hydrogen (secondary N) is 2. The lowest BCUT2D eigenvalue weighted by molar-refractivity contribution is -0.384. The van der Waals surface area contributed by atoms with Crippen molar-refractivity contribution in [1.82, 2.24) is 5.32 Å². The van der Waals surface area contributed by atoms with E-state index in [-0.39, 0.29) is 11.3 Å². The van der Waals surface area contributed by atoms with Gasteiger partial charge < -0.3 is 15.4 Å². The third-order valence-corrected chi connectivity index (χ3v) is 3.96. The lowest BCUT2D eigenvalue weighted by atomic mass is 10.1. The van der Waals surface area contributed by atoms with E-state index < -0.39 is 35.9 Å². The number of carbonyl (C=O) groups is 3. The molecule has 0 heterocycles. The van der Waals surface area contributed by atoms with Gasteiger partial charge in [-0.2, -0.15) is 0 Å². The first-order valence-corrected chi connectivity index (χ1v) is 8.32. The molecule has 28 heavy (non-hydrogen) atoms. The van der Waals surface area contributed by atoms with Crippen LogP contribution >= 0.6 is 0 Å². The Bertz CT molecular complexity index is 926. The zero-order chi connectivity index (χ0) is 20.7. The first kappa shape index (κ1) is 20.6. The van der Waals surface area contributed by atoms with Gasteiger partial charge in [0.1, 0.15) is 6.54 Å². The van der Waals surface area contributed by atoms with Gasteiger partial charge in [0.25, 0.3) is 17.5 Å². The summed E-state index contributed by atoms with van der Waals surface area (Å²) in [4.78, 5) is 45.7. The molecule has 0 saturated heterocycles. The number of nitro benzene ring substituents is 1. The van der Waals surface area contributed by atoms with E-state index in [1.54, 1.807) is 12.1 Å². The number of non-ortho nitro benzene ring substituents is 1. The standard InChI is InChI=1S/C19H19N3O6/c1-12-5-3-8-16(13(12)2)21-17(23)11-28-18(24)10-20-19(25)14-6-4-7-15(9-14)22(26)27/h3-9H,10-11H2,1-2H3,(H,20,25)(H,21,23). The smallest absolute Gasteiger partial charge is 0.325 e. The molecule has 2 amide bonds. The fourth-order valence-electron chi connectivity index (χ4n) is 2.29. The summed E-state index contributed by atoms with van der Waals surface area (Å²) in [5.41, 5.74) is 2.35. The quantitative estimate of drug-likeness (QED) is 0.427. The molecule has 9 heteroatoms. The first-order chi connectivity index (χ1) is 13.3. The van der Waals surface area contributed by atoms with E-state index in [0.29, 0.717) is 5.69 Å². The van der Waals surface area contributed by atoms with Gasteiger partial charge in [0.15, 0.2) is 6.61 Å². The molecule has 0 fully saturated rings. The molecule has 0 aliphatic rings. The summed E-state index contributed by atoms with van der Waals surface area (Å²) in [6, 6.07) is 10.5. The fourth-order valence-corrected chi connectivity index (χ4v) is 2.29. The average molecular weight is 385 g/mol. The van der Waals surface area contributed by atoms with Crippen LogP contribution in [0.2, 0.25) is 0 Å². The van der Waals surface area contributed by atoms with Crippen molar-refractivity contribution in [3.05, 3.63) is 69.3 Å². The van der Waals surface area contributed by atoms with Crippen LogP contribution in [0.1, 0.15) is 21.5 Å². The van der Waals surface area contributed by atoms with Crippen LogP contribution in [-0.2, 0) is 14.3 Å². The Kier molecular flexibility index (Phi) is 6.80. The van der Waals surface area contributed by atoms with E-state index >= 15 is 0 Å². The molecule has 0 aliphatic heterocycles. The van der Waals surface area contributed by atoms with E-state index in [9.17, 15) is 24.5 Å². The van der Waals surface area contributed by atoms with Crippen LogP contribution in [0.15, 0.2) is 42.5 Å². The summed E-state index contributed by atoms with van der Waals surface area (Å²) in [6.45, 7) is 2.80. The van der Waals surface area contributed by atoms with Gasteiger partial charge in [0, 0.05) is 23.4 Å². The van der Waals surface area contributed by atoms with E-state index in [1.807, 2.05) is 19.9 Å². The van der Waals surface area contributed by atoms with Crippen molar-refractivity contribution in [2.45, 2.75) is 13.8 Å². The van der Waals surface area contributed by atoms with E-state index in [1.165, 1.54) is 18.2 Å². The molecular weight excluding hydrogens is 366 g/mol. The minimum absolute atomic E-state index is 0.0367. The lowest BCUT2D eigenvalue weighted by Gasteiger charge is -2.11. The normalized spacial score (nSPS) is 10.1. The number of hydrogen-bond donors (Lipinski definition) is 2. The number of aryl methyl sites for hydroxylation is 1. The van der Waals surface area contributed by atoms with E-state index in [4.69, 9.17) is 4.74 Å². The van der Waals surface area contributed by atoms with Gasteiger partial charge in [-0.1, -0.05) is 18.2 Å². The van der Waals surface area contributed by atoms with Crippen LogP contribution in [-0.4, -0.2) is 35.9 Å². The number of nitro groups is 1. The second-order valence-electron chi connectivity index (χ2n) is 5.95. The third kappa shape index (κ3) is 5.63. The number of nitrogens with zero attached hydrogens (tertiary/aromatic N) is 1. The van der Waals surface area contributed by atoms with E-state index in [0.717, 1.165) is 17.2 Å². The Morgan fingerprint density at radius 3 is 2.54 bits per heavy atom. The largest absolute Gasteiger partial charge is 0.454 e. The topological polar surface area (TPSA) is 128 Å². The van der Waals surface area contributed by atoms with Gasteiger partial charge in [-0.15, -0.1) is 0 Å². The van der Waals surface area contributed by atoms with Gasteiger partial charge in [-0.05, 0) is 37.1 Å². The molecular formula is C19H19N3O6. The molecule has 0 bridgehead atoms. The SMILES string of the molecule is Cc1cccc(NC(=O)COC(=O)CNC(=O)c2cccc([N+](=O)[O-])c2)c1C. The molecule has 0 saturated carbocycles. The Hall–Kier alpha value is -3.75. The molecule has 0 aliphatic carbocycles. The van der Waals surface area contributed by atoms with Crippen LogP contribution in [0.3, 0.4) is 0 Å². The van der Waals surface area contributed by atoms with Gasteiger partial charge in [0.2, 0.25) is 0 Å². The Morgan fingerprint density at radius 1 is 1.11 bits per heavy atom. The molecule has 0 atom stereocenters. The maximum absolute atomic E-state index is 12.0. The summed E-state index contributed by atoms with van der Waals surface area (Å²) in [5.74, 6) is -1.98. The van der Waals surface area contributed by atoms with Crippen molar-refractivity contribution in [2.75, 3.05) is 18.5 Å². The summed E-state index contributed by atoms with van der Waals surface area (Å²) < 4.78 is 4.82. The maximum Gasteiger partial charge on any atom is 0.325 e. The predicted molar refractivity (Wildman–Crippen MR) is 101 cm³/mol. The number of esters is 1. The molecule has 0 spiro atoms. The van der Waals surface area contributed by atoms with Crippen LogP contribution in [0, 0.1) is 24.0 Å². The Morgan fingerprint density at radius 2 is 1.82 bits per heavy atom. The minimum Gasteiger partial charge on any atom is -0.454 e. The molecule has 2 aromatic rings. The number of ether oxygens (including phenoxy) is 1. The minimum atomic E-state index is -0.810. The molecule has 0 unspecified atom stereocenters. The summed E-state index contributed by atoms with van der Waals surface area (Å²) >= 11 is 0. The van der Waals surface area contributed by atoms with Crippen molar-refractivity contribution < 1.29 is 24.0 Å². The van der Waals surface area contributed by atoms with Gasteiger partial charge >= 0.3 is 5.97 Å². The van der Waals surface area contributed by atoms with Crippen LogP contribution in [0.5, 0.6) is 0 Å². The highest BCUT2D eigenvalue weighted by molar-refractivity contribution is 5.97. The van der Waals surface area contributed by atoms with Gasteiger partial charge in [-0.25, -0.2) is 0 Å².